The van der Waals surface area contributed by atoms with Gasteiger partial charge in [-0.3, -0.25) is 0 Å². The smallest absolute Gasteiger partial charge is 0.109 e. The molecule has 0 unspecified atom stereocenters. The molecular weight excluding hydrogens is 265 g/mol. The summed E-state index contributed by atoms with van der Waals surface area (Å²) in [6.45, 7) is -0.726. The Labute approximate surface area is 81.9 Å². The molecule has 0 aliphatic heterocycles. The van der Waals surface area contributed by atoms with Crippen LogP contribution in [0.1, 0.15) is 0 Å². The van der Waals surface area contributed by atoms with Gasteiger partial charge in [-0.2, -0.15) is 0 Å². The highest BCUT2D eigenvalue weighted by Gasteiger charge is 2.22. The lowest BCUT2D eigenvalue weighted by atomic mass is 10.1. The van der Waals surface area contributed by atoms with Crippen molar-refractivity contribution in [2.75, 3.05) is 13.2 Å². The van der Waals surface area contributed by atoms with Gasteiger partial charge in [-0.15, -0.1) is 24.0 Å². The summed E-state index contributed by atoms with van der Waals surface area (Å²) < 4.78 is 0. The molecule has 5 nitrogen and oxygen atoms in total. The Morgan fingerprint density at radius 1 is 1.09 bits per heavy atom. The lowest BCUT2D eigenvalue weighted by molar-refractivity contribution is -0.0727. The number of aliphatic hydroxyl groups is 4. The minimum absolute atomic E-state index is 0. The van der Waals surface area contributed by atoms with Gasteiger partial charge in [0.1, 0.15) is 12.2 Å². The zero-order valence-electron chi connectivity index (χ0n) is 5.92. The van der Waals surface area contributed by atoms with Crippen LogP contribution < -0.4 is 5.73 Å². The molecule has 0 saturated heterocycles. The van der Waals surface area contributed by atoms with Crippen LogP contribution in [0.15, 0.2) is 0 Å². The van der Waals surface area contributed by atoms with Crippen LogP contribution in [-0.4, -0.2) is 51.9 Å². The van der Waals surface area contributed by atoms with E-state index in [0.717, 1.165) is 0 Å². The molecule has 6 heteroatoms. The van der Waals surface area contributed by atoms with E-state index in [9.17, 15) is 0 Å². The second kappa shape index (κ2) is 7.19. The molecular formula is C5H14INO4. The van der Waals surface area contributed by atoms with E-state index in [-0.39, 0.29) is 30.5 Å². The van der Waals surface area contributed by atoms with Crippen LogP contribution in [0.25, 0.3) is 0 Å². The minimum atomic E-state index is -1.37. The first-order valence-corrected chi connectivity index (χ1v) is 2.98. The molecule has 70 valence electrons. The lowest BCUT2D eigenvalue weighted by Crippen LogP contribution is -2.43. The minimum Gasteiger partial charge on any atom is -0.394 e. The maximum atomic E-state index is 8.85. The van der Waals surface area contributed by atoms with Gasteiger partial charge in [-0.1, -0.05) is 0 Å². The van der Waals surface area contributed by atoms with Crippen molar-refractivity contribution in [2.45, 2.75) is 18.3 Å². The molecule has 0 amide bonds. The maximum Gasteiger partial charge on any atom is 0.109 e. The highest BCUT2D eigenvalue weighted by molar-refractivity contribution is 14.0. The number of hydrogen-bond donors (Lipinski definition) is 5. The molecule has 0 aromatic heterocycles. The molecule has 3 atom stereocenters. The number of nitrogens with two attached hydrogens (primary N) is 1. The van der Waals surface area contributed by atoms with E-state index < -0.39 is 24.9 Å². The highest BCUT2D eigenvalue weighted by Crippen LogP contribution is 1.97. The Hall–Kier alpha value is 0.530. The Morgan fingerprint density at radius 3 is 1.82 bits per heavy atom. The molecule has 0 bridgehead atoms. The number of aliphatic hydroxyl groups excluding tert-OH is 4. The Morgan fingerprint density at radius 2 is 1.55 bits per heavy atom. The third kappa shape index (κ3) is 4.88. The molecule has 0 radical (unpaired) electrons. The topological polar surface area (TPSA) is 107 Å². The van der Waals surface area contributed by atoms with Gasteiger partial charge in [0, 0.05) is 6.54 Å². The van der Waals surface area contributed by atoms with Crippen molar-refractivity contribution in [3.8, 4) is 0 Å². The van der Waals surface area contributed by atoms with Gasteiger partial charge < -0.3 is 26.2 Å². The van der Waals surface area contributed by atoms with Gasteiger partial charge in [0.05, 0.1) is 12.7 Å². The summed E-state index contributed by atoms with van der Waals surface area (Å²) in [5, 5.41) is 34.6. The number of hydrogen-bond acceptors (Lipinski definition) is 5. The van der Waals surface area contributed by atoms with Crippen LogP contribution in [0.4, 0.5) is 0 Å². The van der Waals surface area contributed by atoms with Gasteiger partial charge in [0.15, 0.2) is 0 Å². The third-order valence-electron chi connectivity index (χ3n) is 1.22. The van der Waals surface area contributed by atoms with Gasteiger partial charge in [-0.05, 0) is 0 Å². The normalized spacial score (nSPS) is 18.3. The fourth-order valence-electron chi connectivity index (χ4n) is 0.504. The van der Waals surface area contributed by atoms with E-state index in [1.807, 2.05) is 0 Å². The fraction of sp³-hybridized carbons (Fsp3) is 1.00. The third-order valence-corrected chi connectivity index (χ3v) is 1.22. The van der Waals surface area contributed by atoms with E-state index in [0.29, 0.717) is 0 Å². The van der Waals surface area contributed by atoms with Crippen molar-refractivity contribution < 1.29 is 20.4 Å². The zero-order chi connectivity index (χ0) is 8.15. The zero-order valence-corrected chi connectivity index (χ0v) is 8.25. The van der Waals surface area contributed by atoms with Crippen LogP contribution in [0.2, 0.25) is 0 Å². The average molecular weight is 279 g/mol. The SMILES string of the molecule is I.NC[C@@H](O)[C@@H](O)[C@@H](O)CO. The molecule has 0 aromatic rings. The van der Waals surface area contributed by atoms with E-state index in [1.54, 1.807) is 0 Å². The van der Waals surface area contributed by atoms with Gasteiger partial charge >= 0.3 is 0 Å². The second-order valence-corrected chi connectivity index (χ2v) is 2.04. The molecule has 0 saturated carbocycles. The molecule has 0 aromatic carbocycles. The van der Waals surface area contributed by atoms with Crippen molar-refractivity contribution in [1.82, 2.24) is 0 Å². The predicted octanol–water partition coefficient (Wildman–Crippen LogP) is -2.36. The fourth-order valence-corrected chi connectivity index (χ4v) is 0.504. The molecule has 0 aliphatic carbocycles. The van der Waals surface area contributed by atoms with Crippen molar-refractivity contribution in [3.63, 3.8) is 0 Å². The van der Waals surface area contributed by atoms with Crippen molar-refractivity contribution in [1.29, 1.82) is 0 Å². The van der Waals surface area contributed by atoms with E-state index >= 15 is 0 Å². The largest absolute Gasteiger partial charge is 0.394 e. The van der Waals surface area contributed by atoms with Crippen LogP contribution in [0.3, 0.4) is 0 Å². The van der Waals surface area contributed by atoms with Gasteiger partial charge in [0.2, 0.25) is 0 Å². The van der Waals surface area contributed by atoms with Crippen LogP contribution in [0.5, 0.6) is 0 Å². The molecule has 11 heavy (non-hydrogen) atoms. The maximum absolute atomic E-state index is 8.85. The molecule has 0 rings (SSSR count). The molecule has 0 fully saturated rings. The monoisotopic (exact) mass is 279 g/mol. The summed E-state index contributed by atoms with van der Waals surface area (Å²) in [7, 11) is 0. The average Bonchev–Trinajstić information content (AvgIpc) is 2.00. The molecule has 6 N–H and O–H groups in total. The quantitative estimate of drug-likeness (QED) is 0.370. The van der Waals surface area contributed by atoms with E-state index in [4.69, 9.17) is 26.2 Å². The van der Waals surface area contributed by atoms with Gasteiger partial charge in [-0.25, -0.2) is 0 Å². The standard InChI is InChI=1S/C5H13NO4.HI/c6-1-3(8)5(10)4(9)2-7;/h3-5,7-10H,1-2,6H2;1H/t3-,4+,5-;/m1./s1. The Kier molecular flexibility index (Phi) is 9.21. The summed E-state index contributed by atoms with van der Waals surface area (Å²) in [5.41, 5.74) is 4.96. The van der Waals surface area contributed by atoms with Crippen molar-refractivity contribution in [2.24, 2.45) is 5.73 Å². The molecule has 0 heterocycles. The molecule has 0 spiro atoms. The summed E-state index contributed by atoms with van der Waals surface area (Å²) in [6, 6.07) is 0. The summed E-state index contributed by atoms with van der Waals surface area (Å²) in [4.78, 5) is 0. The number of halogens is 1. The van der Waals surface area contributed by atoms with Crippen molar-refractivity contribution in [3.05, 3.63) is 0 Å². The summed E-state index contributed by atoms with van der Waals surface area (Å²) in [5.74, 6) is 0. The summed E-state index contributed by atoms with van der Waals surface area (Å²) >= 11 is 0. The van der Waals surface area contributed by atoms with Crippen LogP contribution in [-0.2, 0) is 0 Å². The van der Waals surface area contributed by atoms with E-state index in [2.05, 4.69) is 0 Å². The van der Waals surface area contributed by atoms with Crippen molar-refractivity contribution >= 4 is 24.0 Å². The molecule has 0 aliphatic rings. The highest BCUT2D eigenvalue weighted by atomic mass is 127. The Balaban J connectivity index is 0. The predicted molar refractivity (Wildman–Crippen MR) is 49.6 cm³/mol. The Bertz CT molecular complexity index is 84.6. The van der Waals surface area contributed by atoms with Crippen LogP contribution in [0, 0.1) is 0 Å². The number of rotatable bonds is 4. The lowest BCUT2D eigenvalue weighted by Gasteiger charge is -2.19. The first-order chi connectivity index (χ1) is 4.63. The summed E-state index contributed by atoms with van der Waals surface area (Å²) in [6.07, 6.45) is -3.87. The van der Waals surface area contributed by atoms with Gasteiger partial charge in [0.25, 0.3) is 0 Å². The first-order valence-electron chi connectivity index (χ1n) is 2.98. The second-order valence-electron chi connectivity index (χ2n) is 2.04. The van der Waals surface area contributed by atoms with E-state index in [1.165, 1.54) is 0 Å². The van der Waals surface area contributed by atoms with Crippen LogP contribution >= 0.6 is 24.0 Å². The first kappa shape index (κ1) is 14.1.